The van der Waals surface area contributed by atoms with Gasteiger partial charge in [0.15, 0.2) is 5.65 Å². The van der Waals surface area contributed by atoms with E-state index in [1.165, 1.54) is 43.4 Å². The zero-order valence-electron chi connectivity index (χ0n) is 15.9. The van der Waals surface area contributed by atoms with Gasteiger partial charge in [0.05, 0.1) is 16.6 Å². The molecule has 0 radical (unpaired) electrons. The average molecular weight is 358 g/mol. The molecule has 0 saturated carbocycles. The van der Waals surface area contributed by atoms with Gasteiger partial charge in [-0.3, -0.25) is 0 Å². The number of aryl methyl sites for hydroxylation is 1. The topological polar surface area (TPSA) is 34.0 Å². The van der Waals surface area contributed by atoms with E-state index in [1.807, 2.05) is 18.2 Å². The Kier molecular flexibility index (Phi) is 4.29. The van der Waals surface area contributed by atoms with Crippen LogP contribution in [0.25, 0.3) is 33.1 Å². The van der Waals surface area contributed by atoms with Crippen LogP contribution in [0.2, 0.25) is 0 Å². The third kappa shape index (κ3) is 3.08. The van der Waals surface area contributed by atoms with Gasteiger partial charge < -0.3 is 9.47 Å². The van der Waals surface area contributed by atoms with E-state index < -0.39 is 0 Å². The molecule has 5 rings (SSSR count). The fourth-order valence-corrected chi connectivity index (χ4v) is 4.35. The third-order valence-corrected chi connectivity index (χ3v) is 5.99. The summed E-state index contributed by atoms with van der Waals surface area (Å²) in [4.78, 5) is 12.5. The van der Waals surface area contributed by atoms with Crippen molar-refractivity contribution < 1.29 is 0 Å². The van der Waals surface area contributed by atoms with Gasteiger partial charge in [-0.15, -0.1) is 0 Å². The number of hydrogen-bond acceptors (Lipinski definition) is 3. The van der Waals surface area contributed by atoms with Crippen LogP contribution in [0.3, 0.4) is 0 Å². The summed E-state index contributed by atoms with van der Waals surface area (Å²) in [7, 11) is 0. The summed E-state index contributed by atoms with van der Waals surface area (Å²) >= 11 is 0. The molecule has 1 fully saturated rings. The van der Waals surface area contributed by atoms with Crippen LogP contribution < -0.4 is 0 Å². The van der Waals surface area contributed by atoms with Crippen LogP contribution in [0.15, 0.2) is 48.5 Å². The minimum absolute atomic E-state index is 0.891. The van der Waals surface area contributed by atoms with Crippen LogP contribution in [-0.2, 0) is 6.54 Å². The van der Waals surface area contributed by atoms with Gasteiger partial charge in [-0.2, -0.15) is 0 Å². The summed E-state index contributed by atoms with van der Waals surface area (Å²) in [5, 5.41) is 1.21. The number of nitrogens with zero attached hydrogens (tertiary/aromatic N) is 4. The van der Waals surface area contributed by atoms with Crippen molar-refractivity contribution in [2.24, 2.45) is 5.92 Å². The molecule has 0 aliphatic carbocycles. The zero-order chi connectivity index (χ0) is 18.2. The number of hydrogen-bond donors (Lipinski definition) is 0. The summed E-state index contributed by atoms with van der Waals surface area (Å²) in [6.45, 7) is 7.03. The standard InChI is InChI=1S/C23H26N4/c1-17-11-15-26(16-12-17)13-6-14-27-21-10-5-2-7-18(21)22-23(27)25-20-9-4-3-8-19(20)24-22/h2-5,7-10,17H,6,11-16H2,1H3. The first kappa shape index (κ1) is 16.7. The van der Waals surface area contributed by atoms with Crippen molar-refractivity contribution in [2.45, 2.75) is 32.7 Å². The monoisotopic (exact) mass is 358 g/mol. The van der Waals surface area contributed by atoms with E-state index in [9.17, 15) is 0 Å². The van der Waals surface area contributed by atoms with Gasteiger partial charge in [-0.25, -0.2) is 9.97 Å². The van der Waals surface area contributed by atoms with Crippen LogP contribution in [0.5, 0.6) is 0 Å². The molecule has 3 heterocycles. The quantitative estimate of drug-likeness (QED) is 0.522. The molecule has 0 bridgehead atoms. The SMILES string of the molecule is CC1CCN(CCCn2c3ccccc3c3nc4ccccc4nc32)CC1. The molecular weight excluding hydrogens is 332 g/mol. The van der Waals surface area contributed by atoms with Crippen LogP contribution >= 0.6 is 0 Å². The second kappa shape index (κ2) is 6.93. The molecule has 1 aliphatic rings. The Balaban J connectivity index is 1.49. The summed E-state index contributed by atoms with van der Waals surface area (Å²) in [5.41, 5.74) is 5.22. The van der Waals surface area contributed by atoms with E-state index in [2.05, 4.69) is 46.7 Å². The van der Waals surface area contributed by atoms with Gasteiger partial charge in [-0.05, 0) is 63.0 Å². The third-order valence-electron chi connectivity index (χ3n) is 5.99. The first-order valence-corrected chi connectivity index (χ1v) is 10.2. The van der Waals surface area contributed by atoms with Crippen molar-refractivity contribution in [1.29, 1.82) is 0 Å². The van der Waals surface area contributed by atoms with Crippen molar-refractivity contribution in [3.63, 3.8) is 0 Å². The predicted octanol–water partition coefficient (Wildman–Crippen LogP) is 4.86. The minimum atomic E-state index is 0.891. The zero-order valence-corrected chi connectivity index (χ0v) is 15.9. The molecule has 4 nitrogen and oxygen atoms in total. The summed E-state index contributed by atoms with van der Waals surface area (Å²) in [6.07, 6.45) is 3.83. The number of rotatable bonds is 4. The van der Waals surface area contributed by atoms with Crippen molar-refractivity contribution in [2.75, 3.05) is 19.6 Å². The number of fused-ring (bicyclic) bond motifs is 4. The molecule has 0 spiro atoms. The summed E-state index contributed by atoms with van der Waals surface area (Å²) < 4.78 is 2.37. The number of para-hydroxylation sites is 3. The minimum Gasteiger partial charge on any atom is -0.324 e. The van der Waals surface area contributed by atoms with Gasteiger partial charge in [0, 0.05) is 11.9 Å². The highest BCUT2D eigenvalue weighted by Crippen LogP contribution is 2.28. The Labute approximate surface area is 159 Å². The van der Waals surface area contributed by atoms with Gasteiger partial charge in [0.1, 0.15) is 5.52 Å². The van der Waals surface area contributed by atoms with Crippen molar-refractivity contribution in [1.82, 2.24) is 19.4 Å². The second-order valence-electron chi connectivity index (χ2n) is 7.93. The first-order chi connectivity index (χ1) is 13.3. The maximum atomic E-state index is 4.98. The van der Waals surface area contributed by atoms with E-state index in [0.717, 1.165) is 41.1 Å². The largest absolute Gasteiger partial charge is 0.324 e. The first-order valence-electron chi connectivity index (χ1n) is 10.2. The molecule has 1 aliphatic heterocycles. The Hall–Kier alpha value is -2.46. The van der Waals surface area contributed by atoms with E-state index >= 15 is 0 Å². The predicted molar refractivity (Wildman–Crippen MR) is 112 cm³/mol. The second-order valence-corrected chi connectivity index (χ2v) is 7.93. The lowest BCUT2D eigenvalue weighted by atomic mass is 9.99. The molecule has 0 unspecified atom stereocenters. The average Bonchev–Trinajstić information content (AvgIpc) is 3.01. The van der Waals surface area contributed by atoms with Crippen LogP contribution in [0.4, 0.5) is 0 Å². The summed E-state index contributed by atoms with van der Waals surface area (Å²) in [5.74, 6) is 0.891. The van der Waals surface area contributed by atoms with Crippen molar-refractivity contribution in [3.8, 4) is 0 Å². The molecule has 138 valence electrons. The number of piperidine rings is 1. The molecule has 0 atom stereocenters. The fraction of sp³-hybridized carbons (Fsp3) is 0.391. The molecule has 2 aromatic heterocycles. The highest BCUT2D eigenvalue weighted by molar-refractivity contribution is 6.06. The van der Waals surface area contributed by atoms with Crippen LogP contribution in [0.1, 0.15) is 26.2 Å². The van der Waals surface area contributed by atoms with E-state index in [0.29, 0.717) is 0 Å². The number of benzene rings is 2. The molecular formula is C23H26N4. The highest BCUT2D eigenvalue weighted by atomic mass is 15.1. The van der Waals surface area contributed by atoms with Gasteiger partial charge in [-0.1, -0.05) is 37.3 Å². The lowest BCUT2D eigenvalue weighted by Gasteiger charge is -2.30. The number of likely N-dealkylation sites (tertiary alicyclic amines) is 1. The Morgan fingerprint density at radius 3 is 2.41 bits per heavy atom. The molecule has 4 heteroatoms. The van der Waals surface area contributed by atoms with Crippen LogP contribution in [-0.4, -0.2) is 39.1 Å². The summed E-state index contributed by atoms with van der Waals surface area (Å²) in [6, 6.07) is 16.7. The van der Waals surface area contributed by atoms with Crippen molar-refractivity contribution in [3.05, 3.63) is 48.5 Å². The van der Waals surface area contributed by atoms with Gasteiger partial charge in [0.2, 0.25) is 0 Å². The molecule has 0 amide bonds. The Bertz CT molecular complexity index is 1090. The lowest BCUT2D eigenvalue weighted by molar-refractivity contribution is 0.188. The molecule has 0 N–H and O–H groups in total. The fourth-order valence-electron chi connectivity index (χ4n) is 4.35. The van der Waals surface area contributed by atoms with E-state index in [4.69, 9.17) is 9.97 Å². The molecule has 27 heavy (non-hydrogen) atoms. The normalized spacial score (nSPS) is 16.6. The van der Waals surface area contributed by atoms with Crippen molar-refractivity contribution >= 4 is 33.1 Å². The molecule has 4 aromatic rings. The maximum Gasteiger partial charge on any atom is 0.160 e. The van der Waals surface area contributed by atoms with Gasteiger partial charge >= 0.3 is 0 Å². The number of aromatic nitrogens is 3. The maximum absolute atomic E-state index is 4.98. The Morgan fingerprint density at radius 1 is 0.889 bits per heavy atom. The van der Waals surface area contributed by atoms with E-state index in [-0.39, 0.29) is 0 Å². The Morgan fingerprint density at radius 2 is 1.59 bits per heavy atom. The molecule has 2 aromatic carbocycles. The van der Waals surface area contributed by atoms with E-state index in [1.54, 1.807) is 0 Å². The smallest absolute Gasteiger partial charge is 0.160 e. The highest BCUT2D eigenvalue weighted by Gasteiger charge is 2.17. The van der Waals surface area contributed by atoms with Gasteiger partial charge in [0.25, 0.3) is 0 Å². The molecule has 1 saturated heterocycles. The lowest BCUT2D eigenvalue weighted by Crippen LogP contribution is -2.34. The van der Waals surface area contributed by atoms with Crippen LogP contribution in [0, 0.1) is 5.92 Å².